The molecule has 3 aliphatic heterocycles. The lowest BCUT2D eigenvalue weighted by Crippen LogP contribution is -2.43. The summed E-state index contributed by atoms with van der Waals surface area (Å²) in [6.45, 7) is 10.9. The van der Waals surface area contributed by atoms with Crippen LogP contribution in [-0.4, -0.2) is 81.5 Å². The minimum atomic E-state index is 0. The van der Waals surface area contributed by atoms with Crippen molar-refractivity contribution in [3.63, 3.8) is 0 Å². The van der Waals surface area contributed by atoms with Gasteiger partial charge in [0.05, 0.1) is 32.4 Å². The number of rotatable bonds is 5. The van der Waals surface area contributed by atoms with Crippen molar-refractivity contribution in [1.29, 1.82) is 0 Å². The highest BCUT2D eigenvalue weighted by Gasteiger charge is 2.42. The van der Waals surface area contributed by atoms with Crippen molar-refractivity contribution in [2.45, 2.75) is 25.8 Å². The van der Waals surface area contributed by atoms with Crippen LogP contribution >= 0.6 is 35.6 Å². The zero-order valence-corrected chi connectivity index (χ0v) is 20.9. The molecule has 1 N–H and O–H groups in total. The van der Waals surface area contributed by atoms with Crippen molar-refractivity contribution < 1.29 is 9.47 Å². The Labute approximate surface area is 202 Å². The van der Waals surface area contributed by atoms with E-state index < -0.39 is 0 Å². The highest BCUT2D eigenvalue weighted by molar-refractivity contribution is 14.0. The summed E-state index contributed by atoms with van der Waals surface area (Å²) in [5.41, 5.74) is 1.47. The summed E-state index contributed by atoms with van der Waals surface area (Å²) in [7, 11) is 0. The Morgan fingerprint density at radius 3 is 2.67 bits per heavy atom. The van der Waals surface area contributed by atoms with Gasteiger partial charge in [-0.05, 0) is 31.4 Å². The molecule has 0 amide bonds. The maximum Gasteiger partial charge on any atom is 0.194 e. The van der Waals surface area contributed by atoms with Gasteiger partial charge in [0.1, 0.15) is 0 Å². The molecular weight excluding hydrogens is 515 g/mol. The van der Waals surface area contributed by atoms with E-state index in [1.807, 2.05) is 12.1 Å². The fourth-order valence-corrected chi connectivity index (χ4v) is 4.99. The molecule has 3 saturated heterocycles. The van der Waals surface area contributed by atoms with Gasteiger partial charge in [0.2, 0.25) is 0 Å². The molecule has 30 heavy (non-hydrogen) atoms. The van der Waals surface area contributed by atoms with Gasteiger partial charge in [-0.3, -0.25) is 9.89 Å². The first-order chi connectivity index (χ1) is 14.2. The van der Waals surface area contributed by atoms with Crippen LogP contribution in [0.5, 0.6) is 0 Å². The van der Waals surface area contributed by atoms with Gasteiger partial charge in [0.25, 0.3) is 0 Å². The molecule has 0 saturated carbocycles. The second-order valence-corrected chi connectivity index (χ2v) is 8.76. The molecule has 6 nitrogen and oxygen atoms in total. The zero-order chi connectivity index (χ0) is 20.1. The van der Waals surface area contributed by atoms with Crippen LogP contribution in [0.3, 0.4) is 0 Å². The molecule has 1 aromatic rings. The molecule has 2 unspecified atom stereocenters. The summed E-state index contributed by atoms with van der Waals surface area (Å²) in [4.78, 5) is 9.96. The third-order valence-corrected chi connectivity index (χ3v) is 6.77. The Balaban J connectivity index is 0.00000256. The number of hydrogen-bond donors (Lipinski definition) is 1. The average molecular weight is 549 g/mol. The molecule has 0 bridgehead atoms. The quantitative estimate of drug-likeness (QED) is 0.347. The molecule has 2 atom stereocenters. The molecule has 8 heteroatoms. The second kappa shape index (κ2) is 11.3. The van der Waals surface area contributed by atoms with Crippen molar-refractivity contribution in [3.05, 3.63) is 34.9 Å². The normalized spacial score (nSPS) is 26.1. The van der Waals surface area contributed by atoms with Gasteiger partial charge in [-0.2, -0.15) is 0 Å². The number of likely N-dealkylation sites (tertiary alicyclic amines) is 1. The number of morpholine rings is 1. The van der Waals surface area contributed by atoms with Gasteiger partial charge >= 0.3 is 0 Å². The molecule has 168 valence electrons. The number of aliphatic imine (C=N–C) groups is 1. The summed E-state index contributed by atoms with van der Waals surface area (Å²) >= 11 is 6.58. The number of guanidine groups is 1. The molecule has 3 heterocycles. The number of nitrogens with zero attached hydrogens (tertiary/aromatic N) is 3. The predicted octanol–water partition coefficient (Wildman–Crippen LogP) is 3.41. The third kappa shape index (κ3) is 5.59. The van der Waals surface area contributed by atoms with Gasteiger partial charge in [-0.15, -0.1) is 24.0 Å². The van der Waals surface area contributed by atoms with Gasteiger partial charge in [0, 0.05) is 49.8 Å². The average Bonchev–Trinajstić information content (AvgIpc) is 3.39. The van der Waals surface area contributed by atoms with Crippen LogP contribution in [0.15, 0.2) is 29.3 Å². The van der Waals surface area contributed by atoms with Gasteiger partial charge in [-0.25, -0.2) is 0 Å². The first-order valence-corrected chi connectivity index (χ1v) is 11.3. The van der Waals surface area contributed by atoms with Crippen molar-refractivity contribution >= 4 is 41.5 Å². The Morgan fingerprint density at radius 2 is 1.97 bits per heavy atom. The van der Waals surface area contributed by atoms with E-state index in [9.17, 15) is 0 Å². The Hall–Kier alpha value is -0.610. The summed E-state index contributed by atoms with van der Waals surface area (Å²) in [5.74, 6) is 1.02. The lowest BCUT2D eigenvalue weighted by atomic mass is 9.87. The van der Waals surface area contributed by atoms with E-state index in [1.165, 1.54) is 12.8 Å². The summed E-state index contributed by atoms with van der Waals surface area (Å²) < 4.78 is 11.3. The van der Waals surface area contributed by atoms with E-state index >= 15 is 0 Å². The van der Waals surface area contributed by atoms with Crippen molar-refractivity contribution in [3.8, 4) is 0 Å². The van der Waals surface area contributed by atoms with E-state index in [4.69, 9.17) is 26.1 Å². The summed E-state index contributed by atoms with van der Waals surface area (Å²) in [5, 5.41) is 4.33. The first kappa shape index (κ1) is 24.0. The van der Waals surface area contributed by atoms with Crippen LogP contribution in [-0.2, 0) is 9.47 Å². The number of halogens is 2. The zero-order valence-electron chi connectivity index (χ0n) is 17.8. The van der Waals surface area contributed by atoms with Crippen LogP contribution < -0.4 is 5.32 Å². The predicted molar refractivity (Wildman–Crippen MR) is 132 cm³/mol. The molecule has 1 aromatic carbocycles. The number of benzene rings is 1. The minimum Gasteiger partial charge on any atom is -0.381 e. The number of ether oxygens (including phenoxy) is 2. The smallest absolute Gasteiger partial charge is 0.194 e. The van der Waals surface area contributed by atoms with Gasteiger partial charge in [0.15, 0.2) is 5.96 Å². The molecular formula is C22H34ClIN4O2. The van der Waals surface area contributed by atoms with E-state index in [1.54, 1.807) is 0 Å². The first-order valence-electron chi connectivity index (χ1n) is 10.9. The Bertz CT molecular complexity index is 708. The SMILES string of the molecule is CCNC(=NCC(c1ccccc1Cl)N1CCOCC1)N1CCC2(CCOC2)C1.I. The van der Waals surface area contributed by atoms with E-state index in [-0.39, 0.29) is 30.0 Å². The maximum atomic E-state index is 6.58. The second-order valence-electron chi connectivity index (χ2n) is 8.35. The monoisotopic (exact) mass is 548 g/mol. The molecule has 0 radical (unpaired) electrons. The van der Waals surface area contributed by atoms with Gasteiger partial charge in [-0.1, -0.05) is 29.8 Å². The van der Waals surface area contributed by atoms with Crippen LogP contribution in [0.1, 0.15) is 31.4 Å². The minimum absolute atomic E-state index is 0. The number of nitrogens with one attached hydrogen (secondary N) is 1. The largest absolute Gasteiger partial charge is 0.381 e. The lowest BCUT2D eigenvalue weighted by molar-refractivity contribution is 0.0179. The van der Waals surface area contributed by atoms with Crippen molar-refractivity contribution in [2.24, 2.45) is 10.4 Å². The standard InChI is InChI=1S/C22H33ClN4O2.HI/c1-2-24-21(27-9-7-22(16-27)8-12-29-17-22)25-15-20(26-10-13-28-14-11-26)18-5-3-4-6-19(18)23;/h3-6,20H,2,7-17H2,1H3,(H,24,25);1H. The van der Waals surface area contributed by atoms with Crippen molar-refractivity contribution in [1.82, 2.24) is 15.1 Å². The molecule has 3 aliphatic rings. The molecule has 1 spiro atoms. The highest BCUT2D eigenvalue weighted by atomic mass is 127. The van der Waals surface area contributed by atoms with E-state index in [2.05, 4.69) is 34.2 Å². The third-order valence-electron chi connectivity index (χ3n) is 6.42. The lowest BCUT2D eigenvalue weighted by Gasteiger charge is -2.34. The van der Waals surface area contributed by atoms with Crippen LogP contribution in [0, 0.1) is 5.41 Å². The Kier molecular flexibility index (Phi) is 9.07. The number of hydrogen-bond acceptors (Lipinski definition) is 4. The van der Waals surface area contributed by atoms with E-state index in [0.29, 0.717) is 12.0 Å². The van der Waals surface area contributed by atoms with Crippen molar-refractivity contribution in [2.75, 3.05) is 65.7 Å². The highest BCUT2D eigenvalue weighted by Crippen LogP contribution is 2.38. The molecule has 0 aliphatic carbocycles. The van der Waals surface area contributed by atoms with Crippen LogP contribution in [0.25, 0.3) is 0 Å². The molecule has 4 rings (SSSR count). The Morgan fingerprint density at radius 1 is 1.17 bits per heavy atom. The van der Waals surface area contributed by atoms with Gasteiger partial charge < -0.3 is 19.7 Å². The van der Waals surface area contributed by atoms with E-state index in [0.717, 1.165) is 75.7 Å². The van der Waals surface area contributed by atoms with Crippen LogP contribution in [0.4, 0.5) is 0 Å². The molecule has 0 aromatic heterocycles. The fraction of sp³-hybridized carbons (Fsp3) is 0.682. The maximum absolute atomic E-state index is 6.58. The topological polar surface area (TPSA) is 49.3 Å². The molecule has 3 fully saturated rings. The van der Waals surface area contributed by atoms with Crippen LogP contribution in [0.2, 0.25) is 5.02 Å². The summed E-state index contributed by atoms with van der Waals surface area (Å²) in [6.07, 6.45) is 2.35. The summed E-state index contributed by atoms with van der Waals surface area (Å²) in [6, 6.07) is 8.32. The fourth-order valence-electron chi connectivity index (χ4n) is 4.73.